The normalized spacial score (nSPS) is 11.4. The standard InChI is InChI=1S/C25H24N2O2S/c1-25(2,3)20-11-8-18(9-12-20)23(28)27-24-26-21(16-30-24)15-29-22-13-10-17-6-4-5-7-19(17)14-22/h4-14,16H,15H2,1-3H3,(H,26,27,28). The predicted molar refractivity (Wildman–Crippen MR) is 123 cm³/mol. The highest BCUT2D eigenvalue weighted by molar-refractivity contribution is 7.13. The van der Waals surface area contributed by atoms with E-state index in [9.17, 15) is 4.79 Å². The van der Waals surface area contributed by atoms with Gasteiger partial charge in [-0.3, -0.25) is 10.1 Å². The van der Waals surface area contributed by atoms with Gasteiger partial charge in [-0.25, -0.2) is 4.98 Å². The minimum absolute atomic E-state index is 0.0598. The van der Waals surface area contributed by atoms with Crippen LogP contribution in [0.25, 0.3) is 10.8 Å². The third-order valence-corrected chi connectivity index (χ3v) is 5.70. The number of fused-ring (bicyclic) bond motifs is 1. The summed E-state index contributed by atoms with van der Waals surface area (Å²) in [6.45, 7) is 6.81. The number of hydrogen-bond donors (Lipinski definition) is 1. The zero-order chi connectivity index (χ0) is 21.1. The Morgan fingerprint density at radius 2 is 1.73 bits per heavy atom. The molecule has 4 aromatic rings. The average Bonchev–Trinajstić information content (AvgIpc) is 3.19. The lowest BCUT2D eigenvalue weighted by molar-refractivity contribution is 0.102. The average molecular weight is 417 g/mol. The molecule has 152 valence electrons. The molecule has 0 fully saturated rings. The van der Waals surface area contributed by atoms with Gasteiger partial charge in [-0.1, -0.05) is 63.2 Å². The Morgan fingerprint density at radius 1 is 1.00 bits per heavy atom. The van der Waals surface area contributed by atoms with Gasteiger partial charge in [0.05, 0.1) is 5.69 Å². The Bertz CT molecular complexity index is 1170. The number of thiazole rings is 1. The molecule has 0 atom stereocenters. The third-order valence-electron chi connectivity index (χ3n) is 4.89. The molecule has 0 aliphatic carbocycles. The summed E-state index contributed by atoms with van der Waals surface area (Å²) in [6, 6.07) is 21.9. The summed E-state index contributed by atoms with van der Waals surface area (Å²) in [5, 5.41) is 7.66. The maximum atomic E-state index is 12.5. The minimum Gasteiger partial charge on any atom is -0.487 e. The Labute approximate surface area is 180 Å². The van der Waals surface area contributed by atoms with Gasteiger partial charge in [0.15, 0.2) is 5.13 Å². The molecule has 0 aliphatic heterocycles. The number of aromatic nitrogens is 1. The fourth-order valence-electron chi connectivity index (χ4n) is 3.14. The van der Waals surface area contributed by atoms with Crippen LogP contribution in [0.15, 0.2) is 72.1 Å². The van der Waals surface area contributed by atoms with Crippen LogP contribution in [0.4, 0.5) is 5.13 Å². The fourth-order valence-corrected chi connectivity index (χ4v) is 3.83. The number of benzene rings is 3. The number of rotatable bonds is 5. The van der Waals surface area contributed by atoms with E-state index in [1.165, 1.54) is 22.3 Å². The SMILES string of the molecule is CC(C)(C)c1ccc(C(=O)Nc2nc(COc3ccc4ccccc4c3)cs2)cc1. The predicted octanol–water partition coefficient (Wildman–Crippen LogP) is 6.43. The molecule has 3 aromatic carbocycles. The van der Waals surface area contributed by atoms with Crippen LogP contribution in [-0.4, -0.2) is 10.9 Å². The Kier molecular flexibility index (Phi) is 5.55. The smallest absolute Gasteiger partial charge is 0.257 e. The molecule has 5 heteroatoms. The molecular weight excluding hydrogens is 392 g/mol. The Hall–Kier alpha value is -3.18. The first-order valence-corrected chi connectivity index (χ1v) is 10.7. The van der Waals surface area contributed by atoms with Crippen molar-refractivity contribution in [3.05, 3.63) is 88.9 Å². The van der Waals surface area contributed by atoms with Crippen molar-refractivity contribution >= 4 is 33.1 Å². The second-order valence-electron chi connectivity index (χ2n) is 8.22. The van der Waals surface area contributed by atoms with Gasteiger partial charge in [-0.05, 0) is 46.0 Å². The molecule has 0 bridgehead atoms. The van der Waals surface area contributed by atoms with E-state index in [1.807, 2.05) is 60.0 Å². The maximum Gasteiger partial charge on any atom is 0.257 e. The Balaban J connectivity index is 1.37. The third kappa shape index (κ3) is 4.69. The van der Waals surface area contributed by atoms with Gasteiger partial charge in [0, 0.05) is 10.9 Å². The van der Waals surface area contributed by atoms with Crippen LogP contribution in [-0.2, 0) is 12.0 Å². The molecule has 1 heterocycles. The molecule has 1 N–H and O–H groups in total. The summed E-state index contributed by atoms with van der Waals surface area (Å²) in [4.78, 5) is 17.0. The lowest BCUT2D eigenvalue weighted by Crippen LogP contribution is -2.14. The van der Waals surface area contributed by atoms with Crippen molar-refractivity contribution in [2.75, 3.05) is 5.32 Å². The lowest BCUT2D eigenvalue weighted by atomic mass is 9.87. The van der Waals surface area contributed by atoms with E-state index in [0.717, 1.165) is 16.8 Å². The molecule has 30 heavy (non-hydrogen) atoms. The van der Waals surface area contributed by atoms with Crippen molar-refractivity contribution < 1.29 is 9.53 Å². The van der Waals surface area contributed by atoms with Crippen molar-refractivity contribution in [3.8, 4) is 5.75 Å². The number of nitrogens with one attached hydrogen (secondary N) is 1. The molecule has 0 unspecified atom stereocenters. The van der Waals surface area contributed by atoms with E-state index in [4.69, 9.17) is 4.74 Å². The topological polar surface area (TPSA) is 51.2 Å². The van der Waals surface area contributed by atoms with Gasteiger partial charge < -0.3 is 4.74 Å². The summed E-state index contributed by atoms with van der Waals surface area (Å²) in [5.41, 5.74) is 2.66. The van der Waals surface area contributed by atoms with E-state index in [2.05, 4.69) is 43.2 Å². The summed E-state index contributed by atoms with van der Waals surface area (Å²) in [5.74, 6) is 0.637. The zero-order valence-corrected chi connectivity index (χ0v) is 18.1. The van der Waals surface area contributed by atoms with E-state index in [0.29, 0.717) is 17.3 Å². The highest BCUT2D eigenvalue weighted by atomic mass is 32.1. The molecule has 1 aromatic heterocycles. The summed E-state index contributed by atoms with van der Waals surface area (Å²) in [7, 11) is 0. The molecule has 4 rings (SSSR count). The van der Waals surface area contributed by atoms with Gasteiger partial charge in [0.1, 0.15) is 12.4 Å². The van der Waals surface area contributed by atoms with Gasteiger partial charge >= 0.3 is 0 Å². The number of amides is 1. The second kappa shape index (κ2) is 8.28. The van der Waals surface area contributed by atoms with Crippen LogP contribution in [0.5, 0.6) is 5.75 Å². The van der Waals surface area contributed by atoms with E-state index in [1.54, 1.807) is 0 Å². The highest BCUT2D eigenvalue weighted by Gasteiger charge is 2.15. The first-order valence-electron chi connectivity index (χ1n) is 9.86. The van der Waals surface area contributed by atoms with Crippen LogP contribution >= 0.6 is 11.3 Å². The van der Waals surface area contributed by atoms with E-state index < -0.39 is 0 Å². The van der Waals surface area contributed by atoms with Crippen molar-refractivity contribution in [1.82, 2.24) is 4.98 Å². The van der Waals surface area contributed by atoms with E-state index in [-0.39, 0.29) is 11.3 Å². The monoisotopic (exact) mass is 416 g/mol. The summed E-state index contributed by atoms with van der Waals surface area (Å²) >= 11 is 1.39. The van der Waals surface area contributed by atoms with Gasteiger partial charge in [-0.2, -0.15) is 0 Å². The van der Waals surface area contributed by atoms with Crippen LogP contribution in [0.1, 0.15) is 42.4 Å². The number of hydrogen-bond acceptors (Lipinski definition) is 4. The van der Waals surface area contributed by atoms with Gasteiger partial charge in [0.25, 0.3) is 5.91 Å². The number of nitrogens with zero attached hydrogens (tertiary/aromatic N) is 1. The van der Waals surface area contributed by atoms with Crippen molar-refractivity contribution in [2.24, 2.45) is 0 Å². The second-order valence-corrected chi connectivity index (χ2v) is 9.08. The van der Waals surface area contributed by atoms with Crippen molar-refractivity contribution in [2.45, 2.75) is 32.8 Å². The van der Waals surface area contributed by atoms with E-state index >= 15 is 0 Å². The number of carbonyl (C=O) groups is 1. The highest BCUT2D eigenvalue weighted by Crippen LogP contribution is 2.24. The number of carbonyl (C=O) groups excluding carboxylic acids is 1. The van der Waals surface area contributed by atoms with Crippen LogP contribution in [0.3, 0.4) is 0 Å². The number of ether oxygens (including phenoxy) is 1. The Morgan fingerprint density at radius 3 is 2.47 bits per heavy atom. The van der Waals surface area contributed by atoms with Crippen LogP contribution in [0.2, 0.25) is 0 Å². The minimum atomic E-state index is -0.160. The first-order chi connectivity index (χ1) is 14.4. The lowest BCUT2D eigenvalue weighted by Gasteiger charge is -2.18. The van der Waals surface area contributed by atoms with Crippen LogP contribution in [0, 0.1) is 0 Å². The summed E-state index contributed by atoms with van der Waals surface area (Å²) in [6.07, 6.45) is 0. The quantitative estimate of drug-likeness (QED) is 0.408. The molecule has 4 nitrogen and oxygen atoms in total. The molecule has 1 amide bonds. The van der Waals surface area contributed by atoms with Gasteiger partial charge in [-0.15, -0.1) is 11.3 Å². The fraction of sp³-hybridized carbons (Fsp3) is 0.200. The largest absolute Gasteiger partial charge is 0.487 e. The number of anilines is 1. The first kappa shape index (κ1) is 20.1. The molecule has 0 saturated heterocycles. The molecule has 0 radical (unpaired) electrons. The zero-order valence-electron chi connectivity index (χ0n) is 17.3. The van der Waals surface area contributed by atoms with Crippen molar-refractivity contribution in [3.63, 3.8) is 0 Å². The van der Waals surface area contributed by atoms with Gasteiger partial charge in [0.2, 0.25) is 0 Å². The molecule has 0 spiro atoms. The van der Waals surface area contributed by atoms with Crippen molar-refractivity contribution in [1.29, 1.82) is 0 Å². The molecule has 0 aliphatic rings. The molecular formula is C25H24N2O2S. The maximum absolute atomic E-state index is 12.5. The van der Waals surface area contributed by atoms with Crippen LogP contribution < -0.4 is 10.1 Å². The summed E-state index contributed by atoms with van der Waals surface area (Å²) < 4.78 is 5.88. The molecule has 0 saturated carbocycles.